The molecule has 0 saturated carbocycles. The molecule has 130 valence electrons. The number of nitrogens with two attached hydrogens (primary N) is 2. The molecule has 1 rings (SSSR count). The molecular weight excluding hydrogens is 345 g/mol. The Balaban J connectivity index is 0.00000484. The SMILES string of the molecule is COc1cc(C(=O)NC(C)(C)CN)cc(Cl)c1OCC(N)=O.Cl. The highest BCUT2D eigenvalue weighted by Gasteiger charge is 2.22. The highest BCUT2D eigenvalue weighted by molar-refractivity contribution is 6.32. The molecule has 0 aliphatic carbocycles. The van der Waals surface area contributed by atoms with Gasteiger partial charge in [-0.05, 0) is 26.0 Å². The molecule has 0 aromatic heterocycles. The minimum atomic E-state index is -0.648. The molecule has 2 amide bonds. The summed E-state index contributed by atoms with van der Waals surface area (Å²) in [6, 6.07) is 2.88. The van der Waals surface area contributed by atoms with Crippen molar-refractivity contribution in [3.8, 4) is 11.5 Å². The zero-order valence-corrected chi connectivity index (χ0v) is 14.7. The third-order valence-electron chi connectivity index (χ3n) is 2.81. The van der Waals surface area contributed by atoms with Gasteiger partial charge in [0.2, 0.25) is 0 Å². The summed E-state index contributed by atoms with van der Waals surface area (Å²) in [5.74, 6) is -0.621. The quantitative estimate of drug-likeness (QED) is 0.668. The first-order chi connectivity index (χ1) is 10.2. The van der Waals surface area contributed by atoms with Crippen LogP contribution in [0.3, 0.4) is 0 Å². The summed E-state index contributed by atoms with van der Waals surface area (Å²) in [4.78, 5) is 23.0. The Morgan fingerprint density at radius 1 is 1.35 bits per heavy atom. The van der Waals surface area contributed by atoms with Gasteiger partial charge in [0.25, 0.3) is 11.8 Å². The number of rotatable bonds is 7. The number of primary amides is 1. The maximum atomic E-state index is 12.2. The molecule has 1 aromatic rings. The van der Waals surface area contributed by atoms with E-state index in [1.54, 1.807) is 13.8 Å². The average Bonchev–Trinajstić information content (AvgIpc) is 2.44. The first-order valence-electron chi connectivity index (χ1n) is 6.51. The second-order valence-electron chi connectivity index (χ2n) is 5.29. The van der Waals surface area contributed by atoms with Crippen molar-refractivity contribution in [2.45, 2.75) is 19.4 Å². The van der Waals surface area contributed by atoms with E-state index < -0.39 is 11.4 Å². The molecule has 0 aliphatic heterocycles. The number of benzene rings is 1. The Bertz CT molecular complexity index is 579. The topological polar surface area (TPSA) is 117 Å². The van der Waals surface area contributed by atoms with Gasteiger partial charge in [-0.1, -0.05) is 11.6 Å². The number of amides is 2. The number of methoxy groups -OCH3 is 1. The van der Waals surface area contributed by atoms with E-state index in [1.165, 1.54) is 19.2 Å². The van der Waals surface area contributed by atoms with Crippen LogP contribution < -0.4 is 26.3 Å². The lowest BCUT2D eigenvalue weighted by molar-refractivity contribution is -0.119. The van der Waals surface area contributed by atoms with Gasteiger partial charge in [-0.3, -0.25) is 9.59 Å². The van der Waals surface area contributed by atoms with Gasteiger partial charge in [-0.15, -0.1) is 12.4 Å². The van der Waals surface area contributed by atoms with Crippen LogP contribution in [0.2, 0.25) is 5.02 Å². The van der Waals surface area contributed by atoms with Crippen LogP contribution in [0.15, 0.2) is 12.1 Å². The van der Waals surface area contributed by atoms with E-state index in [0.717, 1.165) is 0 Å². The van der Waals surface area contributed by atoms with Crippen LogP contribution in [-0.4, -0.2) is 37.6 Å². The summed E-state index contributed by atoms with van der Waals surface area (Å²) in [7, 11) is 1.40. The molecule has 0 spiro atoms. The molecule has 0 heterocycles. The van der Waals surface area contributed by atoms with Crippen LogP contribution >= 0.6 is 24.0 Å². The van der Waals surface area contributed by atoms with Gasteiger partial charge >= 0.3 is 0 Å². The average molecular weight is 366 g/mol. The molecule has 0 atom stereocenters. The number of carbonyl (C=O) groups is 2. The monoisotopic (exact) mass is 365 g/mol. The van der Waals surface area contributed by atoms with Crippen LogP contribution in [0.4, 0.5) is 0 Å². The minimum absolute atomic E-state index is 0. The maximum Gasteiger partial charge on any atom is 0.255 e. The first kappa shape index (κ1) is 21.3. The van der Waals surface area contributed by atoms with Gasteiger partial charge < -0.3 is 26.3 Å². The Hall–Kier alpha value is -1.70. The second-order valence-corrected chi connectivity index (χ2v) is 5.69. The van der Waals surface area contributed by atoms with Crippen molar-refractivity contribution in [1.82, 2.24) is 5.32 Å². The predicted octanol–water partition coefficient (Wildman–Crippen LogP) is 1.10. The van der Waals surface area contributed by atoms with Gasteiger partial charge in [0, 0.05) is 17.6 Å². The molecule has 23 heavy (non-hydrogen) atoms. The summed E-state index contributed by atoms with van der Waals surface area (Å²) in [6.45, 7) is 3.54. The molecule has 9 heteroatoms. The molecule has 0 fully saturated rings. The Kier molecular flexibility index (Phi) is 8.16. The van der Waals surface area contributed by atoms with Crippen LogP contribution in [0.5, 0.6) is 11.5 Å². The van der Waals surface area contributed by atoms with E-state index in [9.17, 15) is 9.59 Å². The Morgan fingerprint density at radius 2 is 1.96 bits per heavy atom. The van der Waals surface area contributed by atoms with Crippen molar-refractivity contribution in [2.24, 2.45) is 11.5 Å². The van der Waals surface area contributed by atoms with Crippen LogP contribution in [0.25, 0.3) is 0 Å². The lowest BCUT2D eigenvalue weighted by Gasteiger charge is -2.24. The van der Waals surface area contributed by atoms with Gasteiger partial charge in [0.05, 0.1) is 12.1 Å². The zero-order chi connectivity index (χ0) is 16.9. The number of nitrogens with one attached hydrogen (secondary N) is 1. The van der Waals surface area contributed by atoms with E-state index in [1.807, 2.05) is 0 Å². The van der Waals surface area contributed by atoms with Crippen molar-refractivity contribution in [1.29, 1.82) is 0 Å². The standard InChI is InChI=1S/C14H20ClN3O4.ClH/c1-14(2,7-16)18-13(20)8-4-9(15)12(10(5-8)21-3)22-6-11(17)19;/h4-5H,6-7,16H2,1-3H3,(H2,17,19)(H,18,20);1H. The van der Waals surface area contributed by atoms with Gasteiger partial charge in [-0.25, -0.2) is 0 Å². The van der Waals surface area contributed by atoms with Crippen LogP contribution in [0.1, 0.15) is 24.2 Å². The molecule has 0 bridgehead atoms. The van der Waals surface area contributed by atoms with Crippen molar-refractivity contribution >= 4 is 35.8 Å². The van der Waals surface area contributed by atoms with E-state index in [0.29, 0.717) is 0 Å². The maximum absolute atomic E-state index is 12.2. The fraction of sp³-hybridized carbons (Fsp3) is 0.429. The fourth-order valence-corrected chi connectivity index (χ4v) is 1.83. The lowest BCUT2D eigenvalue weighted by atomic mass is 10.0. The highest BCUT2D eigenvalue weighted by atomic mass is 35.5. The summed E-state index contributed by atoms with van der Waals surface area (Å²) in [6.07, 6.45) is 0. The lowest BCUT2D eigenvalue weighted by Crippen LogP contribution is -2.48. The molecule has 0 unspecified atom stereocenters. The summed E-state index contributed by atoms with van der Waals surface area (Å²) in [5.41, 5.74) is 10.3. The van der Waals surface area contributed by atoms with Crippen molar-refractivity contribution in [3.63, 3.8) is 0 Å². The highest BCUT2D eigenvalue weighted by Crippen LogP contribution is 2.36. The summed E-state index contributed by atoms with van der Waals surface area (Å²) < 4.78 is 10.3. The number of carbonyl (C=O) groups excluding carboxylic acids is 2. The predicted molar refractivity (Wildman–Crippen MR) is 90.5 cm³/mol. The van der Waals surface area contributed by atoms with E-state index in [4.69, 9.17) is 32.5 Å². The van der Waals surface area contributed by atoms with Gasteiger partial charge in [0.1, 0.15) is 0 Å². The van der Waals surface area contributed by atoms with Gasteiger partial charge in [0.15, 0.2) is 18.1 Å². The van der Waals surface area contributed by atoms with E-state index >= 15 is 0 Å². The van der Waals surface area contributed by atoms with Crippen molar-refractivity contribution < 1.29 is 19.1 Å². The first-order valence-corrected chi connectivity index (χ1v) is 6.89. The molecule has 0 aliphatic rings. The van der Waals surface area contributed by atoms with E-state index in [2.05, 4.69) is 5.32 Å². The third kappa shape index (κ3) is 6.13. The molecule has 5 N–H and O–H groups in total. The minimum Gasteiger partial charge on any atom is -0.493 e. The molecule has 0 saturated heterocycles. The van der Waals surface area contributed by atoms with E-state index in [-0.39, 0.29) is 53.6 Å². The summed E-state index contributed by atoms with van der Waals surface area (Å²) in [5, 5.41) is 2.91. The molecule has 7 nitrogen and oxygen atoms in total. The Morgan fingerprint density at radius 3 is 2.43 bits per heavy atom. The molecule has 1 aromatic carbocycles. The third-order valence-corrected chi connectivity index (χ3v) is 3.09. The number of hydrogen-bond donors (Lipinski definition) is 3. The Labute approximate surface area is 146 Å². The van der Waals surface area contributed by atoms with Crippen LogP contribution in [-0.2, 0) is 4.79 Å². The number of hydrogen-bond acceptors (Lipinski definition) is 5. The van der Waals surface area contributed by atoms with Crippen LogP contribution in [0, 0.1) is 0 Å². The normalized spacial score (nSPS) is 10.5. The van der Waals surface area contributed by atoms with Gasteiger partial charge in [-0.2, -0.15) is 0 Å². The molecule has 0 radical (unpaired) electrons. The number of ether oxygens (including phenoxy) is 2. The fourth-order valence-electron chi connectivity index (χ4n) is 1.56. The van der Waals surface area contributed by atoms with Crippen molar-refractivity contribution in [2.75, 3.05) is 20.3 Å². The molecular formula is C14H21Cl2N3O4. The largest absolute Gasteiger partial charge is 0.493 e. The zero-order valence-electron chi connectivity index (χ0n) is 13.1. The smallest absolute Gasteiger partial charge is 0.255 e. The summed E-state index contributed by atoms with van der Waals surface area (Å²) >= 11 is 6.08. The second kappa shape index (κ2) is 8.81. The van der Waals surface area contributed by atoms with Crippen molar-refractivity contribution in [3.05, 3.63) is 22.7 Å². The number of halogens is 2.